The highest BCUT2D eigenvalue weighted by Crippen LogP contribution is 2.31. The number of ether oxygens (including phenoxy) is 1. The number of carbonyl (C=O) groups is 2. The van der Waals surface area contributed by atoms with Crippen LogP contribution in [0.1, 0.15) is 20.3 Å². The molecule has 4 rings (SSSR count). The van der Waals surface area contributed by atoms with Crippen LogP contribution in [0.15, 0.2) is 53.4 Å². The summed E-state index contributed by atoms with van der Waals surface area (Å²) in [6, 6.07) is 13.2. The molecule has 1 N–H and O–H groups in total. The lowest BCUT2D eigenvalue weighted by Crippen LogP contribution is -2.43. The van der Waals surface area contributed by atoms with Gasteiger partial charge in [-0.2, -0.15) is 4.31 Å². The number of para-hydroxylation sites is 2. The van der Waals surface area contributed by atoms with E-state index < -0.39 is 10.0 Å². The molecule has 0 spiro atoms. The predicted octanol–water partition coefficient (Wildman–Crippen LogP) is 2.72. The van der Waals surface area contributed by atoms with Crippen molar-refractivity contribution < 1.29 is 22.7 Å². The summed E-state index contributed by atoms with van der Waals surface area (Å²) in [6.07, 6.45) is 1.02. The second kappa shape index (κ2) is 8.91. The summed E-state index contributed by atoms with van der Waals surface area (Å²) in [6.45, 7) is 4.87. The van der Waals surface area contributed by atoms with E-state index in [9.17, 15) is 18.0 Å². The number of anilines is 2. The molecule has 2 aromatic carbocycles. The lowest BCUT2D eigenvalue weighted by atomic mass is 9.94. The average molecular weight is 458 g/mol. The Morgan fingerprint density at radius 3 is 2.41 bits per heavy atom. The zero-order valence-electron chi connectivity index (χ0n) is 18.2. The van der Waals surface area contributed by atoms with Crippen LogP contribution in [0.5, 0.6) is 5.75 Å². The Balaban J connectivity index is 1.43. The second-order valence-electron chi connectivity index (χ2n) is 8.58. The number of fused-ring (bicyclic) bond motifs is 1. The molecule has 9 heteroatoms. The SMILES string of the molecule is CC1CC(C)CN(S(=O)(=O)c2ccc(NC(=O)CN3C(=O)COc4ccccc43)cc2)C1. The first-order valence-electron chi connectivity index (χ1n) is 10.7. The third kappa shape index (κ3) is 4.63. The Morgan fingerprint density at radius 1 is 1.06 bits per heavy atom. The van der Waals surface area contributed by atoms with Crippen molar-refractivity contribution in [2.75, 3.05) is 36.5 Å². The molecular formula is C23H27N3O5S. The molecule has 2 heterocycles. The number of benzene rings is 2. The first kappa shape index (κ1) is 22.3. The lowest BCUT2D eigenvalue weighted by Gasteiger charge is -2.34. The van der Waals surface area contributed by atoms with Gasteiger partial charge in [-0.1, -0.05) is 26.0 Å². The van der Waals surface area contributed by atoms with Crippen LogP contribution < -0.4 is 15.0 Å². The van der Waals surface area contributed by atoms with Gasteiger partial charge in [0.2, 0.25) is 15.9 Å². The molecule has 2 unspecified atom stereocenters. The number of piperidine rings is 1. The third-order valence-electron chi connectivity index (χ3n) is 5.72. The number of carbonyl (C=O) groups excluding carboxylic acids is 2. The molecule has 0 aliphatic carbocycles. The number of hydrogen-bond donors (Lipinski definition) is 1. The van der Waals surface area contributed by atoms with Crippen LogP contribution in [0, 0.1) is 11.8 Å². The topological polar surface area (TPSA) is 96.0 Å². The van der Waals surface area contributed by atoms with Crippen molar-refractivity contribution in [3.05, 3.63) is 48.5 Å². The van der Waals surface area contributed by atoms with E-state index in [0.717, 1.165) is 6.42 Å². The van der Waals surface area contributed by atoms with Gasteiger partial charge in [0.05, 0.1) is 10.6 Å². The zero-order chi connectivity index (χ0) is 22.9. The van der Waals surface area contributed by atoms with Crippen molar-refractivity contribution in [1.82, 2.24) is 4.31 Å². The van der Waals surface area contributed by atoms with Gasteiger partial charge in [0.15, 0.2) is 6.61 Å². The quantitative estimate of drug-likeness (QED) is 0.745. The molecule has 2 atom stereocenters. The van der Waals surface area contributed by atoms with E-state index in [1.807, 2.05) is 0 Å². The van der Waals surface area contributed by atoms with Gasteiger partial charge in [-0.15, -0.1) is 0 Å². The fourth-order valence-electron chi connectivity index (χ4n) is 4.33. The van der Waals surface area contributed by atoms with Gasteiger partial charge in [0.25, 0.3) is 5.91 Å². The lowest BCUT2D eigenvalue weighted by molar-refractivity contribution is -0.123. The van der Waals surface area contributed by atoms with Crippen molar-refractivity contribution in [1.29, 1.82) is 0 Å². The predicted molar refractivity (Wildman–Crippen MR) is 121 cm³/mol. The van der Waals surface area contributed by atoms with E-state index in [0.29, 0.717) is 42.0 Å². The molecule has 0 radical (unpaired) electrons. The van der Waals surface area contributed by atoms with Crippen LogP contribution in [0.3, 0.4) is 0 Å². The molecule has 2 aliphatic rings. The molecule has 32 heavy (non-hydrogen) atoms. The fourth-order valence-corrected chi connectivity index (χ4v) is 6.01. The van der Waals surface area contributed by atoms with Gasteiger partial charge in [-0.05, 0) is 54.7 Å². The number of amides is 2. The average Bonchev–Trinajstić information content (AvgIpc) is 2.75. The van der Waals surface area contributed by atoms with Gasteiger partial charge >= 0.3 is 0 Å². The summed E-state index contributed by atoms with van der Waals surface area (Å²) in [5.41, 5.74) is 1.01. The van der Waals surface area contributed by atoms with Crippen LogP contribution in [-0.4, -0.2) is 50.8 Å². The Hall–Kier alpha value is -2.91. The van der Waals surface area contributed by atoms with E-state index in [1.54, 1.807) is 40.7 Å². The van der Waals surface area contributed by atoms with Crippen LogP contribution in [0.25, 0.3) is 0 Å². The van der Waals surface area contributed by atoms with E-state index >= 15 is 0 Å². The van der Waals surface area contributed by atoms with Crippen LogP contribution in [0.2, 0.25) is 0 Å². The first-order valence-corrected chi connectivity index (χ1v) is 12.1. The van der Waals surface area contributed by atoms with Gasteiger partial charge < -0.3 is 10.1 Å². The monoisotopic (exact) mass is 457 g/mol. The number of nitrogens with zero attached hydrogens (tertiary/aromatic N) is 2. The summed E-state index contributed by atoms with van der Waals surface area (Å²) in [7, 11) is -3.58. The number of sulfonamides is 1. The molecule has 1 fully saturated rings. The maximum absolute atomic E-state index is 13.0. The Labute approximate surface area is 188 Å². The smallest absolute Gasteiger partial charge is 0.265 e. The third-order valence-corrected chi connectivity index (χ3v) is 7.57. The normalized spacial score (nSPS) is 21.6. The van der Waals surface area contributed by atoms with Crippen molar-refractivity contribution in [2.45, 2.75) is 25.2 Å². The van der Waals surface area contributed by atoms with E-state index in [1.165, 1.54) is 17.0 Å². The number of nitrogens with one attached hydrogen (secondary N) is 1. The molecule has 0 aromatic heterocycles. The largest absolute Gasteiger partial charge is 0.482 e. The number of rotatable bonds is 5. The van der Waals surface area contributed by atoms with Crippen molar-refractivity contribution >= 4 is 33.2 Å². The Bertz CT molecular complexity index is 1110. The highest BCUT2D eigenvalue weighted by atomic mass is 32.2. The molecule has 2 aromatic rings. The molecule has 2 amide bonds. The first-order chi connectivity index (χ1) is 15.2. The second-order valence-corrected chi connectivity index (χ2v) is 10.5. The van der Waals surface area contributed by atoms with Crippen LogP contribution in [0.4, 0.5) is 11.4 Å². The van der Waals surface area contributed by atoms with E-state index in [2.05, 4.69) is 19.2 Å². The highest BCUT2D eigenvalue weighted by molar-refractivity contribution is 7.89. The van der Waals surface area contributed by atoms with Crippen LogP contribution in [-0.2, 0) is 19.6 Å². The fraction of sp³-hybridized carbons (Fsp3) is 0.391. The maximum atomic E-state index is 13.0. The number of hydrogen-bond acceptors (Lipinski definition) is 5. The van der Waals surface area contributed by atoms with Crippen molar-refractivity contribution in [3.8, 4) is 5.75 Å². The van der Waals surface area contributed by atoms with Crippen molar-refractivity contribution in [2.24, 2.45) is 11.8 Å². The van der Waals surface area contributed by atoms with Crippen molar-refractivity contribution in [3.63, 3.8) is 0 Å². The van der Waals surface area contributed by atoms with E-state index in [-0.39, 0.29) is 29.9 Å². The Kier molecular flexibility index (Phi) is 6.21. The molecule has 1 saturated heterocycles. The summed E-state index contributed by atoms with van der Waals surface area (Å²) in [5, 5.41) is 2.73. The highest BCUT2D eigenvalue weighted by Gasteiger charge is 2.32. The summed E-state index contributed by atoms with van der Waals surface area (Å²) < 4.78 is 33.0. The van der Waals surface area contributed by atoms with Gasteiger partial charge in [0, 0.05) is 18.8 Å². The minimum Gasteiger partial charge on any atom is -0.482 e. The molecule has 0 bridgehead atoms. The van der Waals surface area contributed by atoms with Gasteiger partial charge in [-0.3, -0.25) is 14.5 Å². The standard InChI is InChI=1S/C23H27N3O5S/c1-16-11-17(2)13-25(12-16)32(29,30)19-9-7-18(8-10-19)24-22(27)14-26-20-5-3-4-6-21(20)31-15-23(26)28/h3-10,16-17H,11-15H2,1-2H3,(H,24,27). The van der Waals surface area contributed by atoms with Gasteiger partial charge in [-0.25, -0.2) is 8.42 Å². The molecule has 0 saturated carbocycles. The minimum absolute atomic E-state index is 0.120. The van der Waals surface area contributed by atoms with Gasteiger partial charge in [0.1, 0.15) is 12.3 Å². The molecule has 2 aliphatic heterocycles. The summed E-state index contributed by atoms with van der Waals surface area (Å²) in [4.78, 5) is 26.4. The molecule has 170 valence electrons. The van der Waals surface area contributed by atoms with Crippen LogP contribution >= 0.6 is 0 Å². The zero-order valence-corrected chi connectivity index (χ0v) is 19.0. The minimum atomic E-state index is -3.58. The molecular weight excluding hydrogens is 430 g/mol. The molecule has 8 nitrogen and oxygen atoms in total. The Morgan fingerprint density at radius 2 is 1.72 bits per heavy atom. The maximum Gasteiger partial charge on any atom is 0.265 e. The van der Waals surface area contributed by atoms with E-state index in [4.69, 9.17) is 4.74 Å². The summed E-state index contributed by atoms with van der Waals surface area (Å²) in [5.74, 6) is 0.505. The summed E-state index contributed by atoms with van der Waals surface area (Å²) >= 11 is 0.